The quantitative estimate of drug-likeness (QED) is 0.379. The van der Waals surface area contributed by atoms with Gasteiger partial charge in [0, 0.05) is 30.6 Å². The van der Waals surface area contributed by atoms with Crippen molar-refractivity contribution < 1.29 is 19.5 Å². The van der Waals surface area contributed by atoms with Crippen molar-refractivity contribution in [3.63, 3.8) is 0 Å². The Morgan fingerprint density at radius 3 is 2.34 bits per heavy atom. The van der Waals surface area contributed by atoms with Crippen molar-refractivity contribution in [2.75, 3.05) is 6.61 Å². The SMILES string of the molecule is NC(=O)CO/N=C(\CCC(=O)O)c1nc2ccccc2n([C@H]2C[C@H]3CCC[C@@H](C2)N3C2CCCCC2)c1=O. The zero-order valence-electron chi connectivity index (χ0n) is 21.8. The minimum Gasteiger partial charge on any atom is -0.481 e. The number of carboxylic acid groups (broad SMARTS) is 1. The van der Waals surface area contributed by atoms with E-state index in [2.05, 4.69) is 15.0 Å². The lowest BCUT2D eigenvalue weighted by Gasteiger charge is -2.53. The Labute approximate surface area is 221 Å². The van der Waals surface area contributed by atoms with E-state index < -0.39 is 18.5 Å². The number of primary amides is 1. The number of hydrogen-bond acceptors (Lipinski definition) is 7. The standard InChI is InChI=1S/C28H37N5O5/c29-25(34)17-38-31-23(13-14-26(35)36)27-28(37)33(24-12-5-4-11-22(24)30-27)21-15-19-9-6-10-20(16-21)32(19)18-7-2-1-3-8-18/h4-5,11-12,18-21H,1-3,6-10,13-17H2,(H2,29,34)(H,35,36)/b31-23+/t19-,20+,21+. The predicted molar refractivity (Wildman–Crippen MR) is 143 cm³/mol. The fraction of sp³-hybridized carbons (Fsp3) is 0.607. The molecule has 1 saturated carbocycles. The Morgan fingerprint density at radius 2 is 1.66 bits per heavy atom. The fourth-order valence-corrected chi connectivity index (χ4v) is 6.89. The lowest BCUT2D eigenvalue weighted by atomic mass is 9.78. The van der Waals surface area contributed by atoms with E-state index in [0.29, 0.717) is 23.6 Å². The Kier molecular flexibility index (Phi) is 8.06. The molecule has 1 amide bonds. The third kappa shape index (κ3) is 5.60. The van der Waals surface area contributed by atoms with Crippen LogP contribution in [-0.4, -0.2) is 61.9 Å². The van der Waals surface area contributed by atoms with Crippen LogP contribution < -0.4 is 11.3 Å². The number of carbonyl (C=O) groups is 2. The normalized spacial score (nSPS) is 24.8. The molecule has 2 aromatic rings. The Bertz CT molecular complexity index is 1250. The summed E-state index contributed by atoms with van der Waals surface area (Å²) in [7, 11) is 0. The molecular formula is C28H37N5O5. The monoisotopic (exact) mass is 523 g/mol. The maximum Gasteiger partial charge on any atom is 0.303 e. The number of benzene rings is 1. The molecule has 204 valence electrons. The Hall–Kier alpha value is -3.27. The summed E-state index contributed by atoms with van der Waals surface area (Å²) in [5.74, 6) is -1.75. The molecule has 2 bridgehead atoms. The Morgan fingerprint density at radius 1 is 0.974 bits per heavy atom. The number of aromatic nitrogens is 2. The highest BCUT2D eigenvalue weighted by Gasteiger charge is 2.43. The van der Waals surface area contributed by atoms with Gasteiger partial charge in [-0.2, -0.15) is 0 Å². The molecular weight excluding hydrogens is 486 g/mol. The molecule has 1 aromatic heterocycles. The van der Waals surface area contributed by atoms with Gasteiger partial charge in [0.1, 0.15) is 5.71 Å². The minimum atomic E-state index is -1.03. The van der Waals surface area contributed by atoms with Crippen LogP contribution in [0.4, 0.5) is 0 Å². The highest BCUT2D eigenvalue weighted by molar-refractivity contribution is 6.00. The van der Waals surface area contributed by atoms with E-state index >= 15 is 0 Å². The van der Waals surface area contributed by atoms with E-state index in [1.165, 1.54) is 38.5 Å². The van der Waals surface area contributed by atoms with Crippen molar-refractivity contribution >= 4 is 28.6 Å². The zero-order valence-corrected chi connectivity index (χ0v) is 21.8. The molecule has 1 aromatic carbocycles. The van der Waals surface area contributed by atoms with E-state index in [9.17, 15) is 19.5 Å². The summed E-state index contributed by atoms with van der Waals surface area (Å²) < 4.78 is 1.87. The molecule has 5 rings (SSSR count). The smallest absolute Gasteiger partial charge is 0.303 e. The van der Waals surface area contributed by atoms with Gasteiger partial charge in [-0.05, 0) is 50.7 Å². The number of oxime groups is 1. The molecule has 3 atom stereocenters. The van der Waals surface area contributed by atoms with E-state index in [1.807, 2.05) is 28.8 Å². The van der Waals surface area contributed by atoms with Crippen LogP contribution in [0.25, 0.3) is 11.0 Å². The number of nitrogens with zero attached hydrogens (tertiary/aromatic N) is 4. The molecule has 3 heterocycles. The van der Waals surface area contributed by atoms with Crippen molar-refractivity contribution in [2.45, 2.75) is 101 Å². The maximum atomic E-state index is 14.1. The van der Waals surface area contributed by atoms with Gasteiger partial charge in [-0.1, -0.05) is 43.0 Å². The summed E-state index contributed by atoms with van der Waals surface area (Å²) in [5.41, 5.74) is 6.44. The third-order valence-corrected chi connectivity index (χ3v) is 8.39. The second-order valence-electron chi connectivity index (χ2n) is 10.9. The van der Waals surface area contributed by atoms with Gasteiger partial charge in [-0.3, -0.25) is 19.3 Å². The summed E-state index contributed by atoms with van der Waals surface area (Å²) in [6, 6.07) is 9.13. The average molecular weight is 524 g/mol. The third-order valence-electron chi connectivity index (χ3n) is 8.39. The van der Waals surface area contributed by atoms with Crippen molar-refractivity contribution in [3.05, 3.63) is 40.3 Å². The van der Waals surface area contributed by atoms with E-state index in [1.54, 1.807) is 0 Å². The lowest BCUT2D eigenvalue weighted by Crippen LogP contribution is -2.57. The average Bonchev–Trinajstić information content (AvgIpc) is 2.90. The Balaban J connectivity index is 1.53. The molecule has 3 fully saturated rings. The van der Waals surface area contributed by atoms with Crippen molar-refractivity contribution in [3.8, 4) is 0 Å². The van der Waals surface area contributed by atoms with E-state index in [-0.39, 0.29) is 35.8 Å². The summed E-state index contributed by atoms with van der Waals surface area (Å²) in [6.07, 6.45) is 11.5. The highest BCUT2D eigenvalue weighted by Crippen LogP contribution is 2.43. The molecule has 10 nitrogen and oxygen atoms in total. The summed E-state index contributed by atoms with van der Waals surface area (Å²) >= 11 is 0. The summed E-state index contributed by atoms with van der Waals surface area (Å²) in [5, 5.41) is 13.2. The van der Waals surface area contributed by atoms with Crippen LogP contribution in [-0.2, 0) is 14.4 Å². The molecule has 1 aliphatic carbocycles. The number of carboxylic acids is 1. The number of hydrogen-bond donors (Lipinski definition) is 2. The van der Waals surface area contributed by atoms with Gasteiger partial charge in [-0.25, -0.2) is 4.98 Å². The van der Waals surface area contributed by atoms with E-state index in [0.717, 1.165) is 31.2 Å². The molecule has 10 heteroatoms. The molecule has 0 radical (unpaired) electrons. The number of piperidine rings is 2. The first-order chi connectivity index (χ1) is 18.4. The number of para-hydroxylation sites is 2. The van der Waals surface area contributed by atoms with Gasteiger partial charge in [0.05, 0.1) is 17.5 Å². The summed E-state index contributed by atoms with van der Waals surface area (Å²) in [6.45, 7) is -0.471. The molecule has 3 aliphatic rings. The fourth-order valence-electron chi connectivity index (χ4n) is 6.89. The zero-order chi connectivity index (χ0) is 26.6. The number of nitrogens with two attached hydrogens (primary N) is 1. The van der Waals surface area contributed by atoms with Crippen molar-refractivity contribution in [1.29, 1.82) is 0 Å². The number of rotatable bonds is 9. The molecule has 3 N–H and O–H groups in total. The summed E-state index contributed by atoms with van der Waals surface area (Å²) in [4.78, 5) is 49.0. The maximum absolute atomic E-state index is 14.1. The van der Waals surface area contributed by atoms with Crippen LogP contribution in [0.5, 0.6) is 0 Å². The predicted octanol–water partition coefficient (Wildman–Crippen LogP) is 3.36. The van der Waals surface area contributed by atoms with Crippen LogP contribution in [0, 0.1) is 0 Å². The van der Waals surface area contributed by atoms with Crippen LogP contribution in [0.2, 0.25) is 0 Å². The van der Waals surface area contributed by atoms with Crippen LogP contribution in [0.1, 0.15) is 88.8 Å². The number of fused-ring (bicyclic) bond motifs is 3. The number of aliphatic carboxylic acids is 1. The molecule has 2 aliphatic heterocycles. The van der Waals surface area contributed by atoms with Gasteiger partial charge in [0.25, 0.3) is 11.5 Å². The van der Waals surface area contributed by atoms with Crippen LogP contribution in [0.15, 0.2) is 34.2 Å². The molecule has 2 saturated heterocycles. The van der Waals surface area contributed by atoms with Gasteiger partial charge in [0.15, 0.2) is 12.3 Å². The van der Waals surface area contributed by atoms with Crippen molar-refractivity contribution in [2.24, 2.45) is 10.9 Å². The molecule has 38 heavy (non-hydrogen) atoms. The lowest BCUT2D eigenvalue weighted by molar-refractivity contribution is -0.136. The van der Waals surface area contributed by atoms with Gasteiger partial charge in [-0.15, -0.1) is 0 Å². The first-order valence-corrected chi connectivity index (χ1v) is 13.9. The van der Waals surface area contributed by atoms with Crippen LogP contribution in [0.3, 0.4) is 0 Å². The number of carbonyl (C=O) groups excluding carboxylic acids is 1. The van der Waals surface area contributed by atoms with Crippen LogP contribution >= 0.6 is 0 Å². The largest absolute Gasteiger partial charge is 0.481 e. The molecule has 0 spiro atoms. The second kappa shape index (κ2) is 11.6. The van der Waals surface area contributed by atoms with Crippen molar-refractivity contribution in [1.82, 2.24) is 14.5 Å². The van der Waals surface area contributed by atoms with Gasteiger partial charge < -0.3 is 20.2 Å². The number of amides is 1. The van der Waals surface area contributed by atoms with E-state index in [4.69, 9.17) is 10.6 Å². The minimum absolute atomic E-state index is 0.0107. The van der Waals surface area contributed by atoms with Gasteiger partial charge >= 0.3 is 5.97 Å². The van der Waals surface area contributed by atoms with Gasteiger partial charge in [0.2, 0.25) is 0 Å². The molecule has 0 unspecified atom stereocenters. The second-order valence-corrected chi connectivity index (χ2v) is 10.9. The first kappa shape index (κ1) is 26.3. The topological polar surface area (TPSA) is 140 Å². The first-order valence-electron chi connectivity index (χ1n) is 13.9. The highest BCUT2D eigenvalue weighted by atomic mass is 16.6.